The second-order valence-electron chi connectivity index (χ2n) is 4.13. The van der Waals surface area contributed by atoms with Crippen molar-refractivity contribution in [2.24, 2.45) is 5.73 Å². The van der Waals surface area contributed by atoms with Crippen LogP contribution in [0.25, 0.3) is 0 Å². The number of carbonyl (C=O) groups is 1. The molecule has 5 nitrogen and oxygen atoms in total. The second kappa shape index (κ2) is 6.88. The standard InChI is InChI=1S/C11H21N3O2S/c1-3-16-8-10(15)14-6-4-13(5-7-14)9(2)11(12)17/h9H,3-8H2,1-2H3,(H2,12,17). The maximum absolute atomic E-state index is 11.7. The van der Waals surface area contributed by atoms with Gasteiger partial charge in [0.2, 0.25) is 5.91 Å². The number of carbonyl (C=O) groups excluding carboxylic acids is 1. The highest BCUT2D eigenvalue weighted by molar-refractivity contribution is 7.80. The Morgan fingerprint density at radius 3 is 2.47 bits per heavy atom. The maximum Gasteiger partial charge on any atom is 0.248 e. The van der Waals surface area contributed by atoms with Gasteiger partial charge in [-0.3, -0.25) is 9.69 Å². The number of amides is 1. The number of hydrogen-bond donors (Lipinski definition) is 1. The molecule has 0 saturated carbocycles. The van der Waals surface area contributed by atoms with E-state index in [1.54, 1.807) is 0 Å². The van der Waals surface area contributed by atoms with E-state index in [-0.39, 0.29) is 18.6 Å². The number of nitrogens with two attached hydrogens (primary N) is 1. The Hall–Kier alpha value is -0.720. The molecule has 1 aliphatic heterocycles. The minimum Gasteiger partial charge on any atom is -0.392 e. The average Bonchev–Trinajstić information content (AvgIpc) is 2.35. The Kier molecular flexibility index (Phi) is 5.80. The molecule has 17 heavy (non-hydrogen) atoms. The van der Waals surface area contributed by atoms with Gasteiger partial charge in [-0.15, -0.1) is 0 Å². The fraction of sp³-hybridized carbons (Fsp3) is 0.818. The van der Waals surface area contributed by atoms with Crippen LogP contribution in [0.5, 0.6) is 0 Å². The first kappa shape index (κ1) is 14.3. The molecule has 1 amide bonds. The molecule has 1 aliphatic rings. The van der Waals surface area contributed by atoms with Crippen LogP contribution in [0.4, 0.5) is 0 Å². The predicted molar refractivity (Wildman–Crippen MR) is 70.9 cm³/mol. The van der Waals surface area contributed by atoms with Crippen LogP contribution in [0.3, 0.4) is 0 Å². The molecule has 1 fully saturated rings. The summed E-state index contributed by atoms with van der Waals surface area (Å²) in [7, 11) is 0. The van der Waals surface area contributed by atoms with Gasteiger partial charge in [0.05, 0.1) is 11.0 Å². The van der Waals surface area contributed by atoms with E-state index in [9.17, 15) is 4.79 Å². The predicted octanol–water partition coefficient (Wildman–Crippen LogP) is -0.158. The van der Waals surface area contributed by atoms with E-state index in [0.29, 0.717) is 11.6 Å². The number of rotatable bonds is 5. The number of hydrogen-bond acceptors (Lipinski definition) is 4. The zero-order valence-electron chi connectivity index (χ0n) is 10.5. The number of nitrogens with zero attached hydrogens (tertiary/aromatic N) is 2. The monoisotopic (exact) mass is 259 g/mol. The summed E-state index contributed by atoms with van der Waals surface area (Å²) in [5, 5.41) is 0. The fourth-order valence-electron chi connectivity index (χ4n) is 1.82. The second-order valence-corrected chi connectivity index (χ2v) is 4.60. The summed E-state index contributed by atoms with van der Waals surface area (Å²) < 4.78 is 5.12. The van der Waals surface area contributed by atoms with Crippen molar-refractivity contribution in [3.8, 4) is 0 Å². The van der Waals surface area contributed by atoms with E-state index in [2.05, 4.69) is 4.90 Å². The summed E-state index contributed by atoms with van der Waals surface area (Å²) in [5.74, 6) is 0.0643. The van der Waals surface area contributed by atoms with Crippen LogP contribution >= 0.6 is 12.2 Å². The third-order valence-electron chi connectivity index (χ3n) is 3.06. The Morgan fingerprint density at radius 1 is 1.41 bits per heavy atom. The van der Waals surface area contributed by atoms with Crippen LogP contribution in [0.15, 0.2) is 0 Å². The van der Waals surface area contributed by atoms with Crippen LogP contribution in [0.2, 0.25) is 0 Å². The summed E-state index contributed by atoms with van der Waals surface area (Å²) in [6.45, 7) is 7.71. The summed E-state index contributed by atoms with van der Waals surface area (Å²) in [6, 6.07) is 0.106. The molecular formula is C11H21N3O2S. The van der Waals surface area contributed by atoms with Gasteiger partial charge in [0, 0.05) is 32.8 Å². The maximum atomic E-state index is 11.7. The SMILES string of the molecule is CCOCC(=O)N1CCN(C(C)C(N)=S)CC1. The summed E-state index contributed by atoms with van der Waals surface area (Å²) in [6.07, 6.45) is 0. The topological polar surface area (TPSA) is 58.8 Å². The van der Waals surface area contributed by atoms with Gasteiger partial charge in [0.15, 0.2) is 0 Å². The third kappa shape index (κ3) is 4.22. The first-order valence-corrected chi connectivity index (χ1v) is 6.36. The van der Waals surface area contributed by atoms with Crippen molar-refractivity contribution in [1.29, 1.82) is 0 Å². The first-order chi connectivity index (χ1) is 8.06. The van der Waals surface area contributed by atoms with E-state index in [0.717, 1.165) is 26.2 Å². The van der Waals surface area contributed by atoms with Crippen molar-refractivity contribution < 1.29 is 9.53 Å². The molecular weight excluding hydrogens is 238 g/mol. The largest absolute Gasteiger partial charge is 0.392 e. The molecule has 6 heteroatoms. The molecule has 1 unspecified atom stereocenters. The molecule has 98 valence electrons. The van der Waals surface area contributed by atoms with E-state index in [1.807, 2.05) is 18.7 Å². The zero-order valence-corrected chi connectivity index (χ0v) is 11.3. The van der Waals surface area contributed by atoms with E-state index in [1.165, 1.54) is 0 Å². The fourth-order valence-corrected chi connectivity index (χ4v) is 1.97. The van der Waals surface area contributed by atoms with E-state index < -0.39 is 0 Å². The summed E-state index contributed by atoms with van der Waals surface area (Å²) in [4.78, 5) is 16.2. The van der Waals surface area contributed by atoms with Gasteiger partial charge in [0.1, 0.15) is 6.61 Å². The van der Waals surface area contributed by atoms with Gasteiger partial charge in [0.25, 0.3) is 0 Å². The van der Waals surface area contributed by atoms with Crippen LogP contribution in [0, 0.1) is 0 Å². The minimum absolute atomic E-state index is 0.0643. The molecule has 1 saturated heterocycles. The smallest absolute Gasteiger partial charge is 0.248 e. The van der Waals surface area contributed by atoms with Crippen molar-refractivity contribution in [3.05, 3.63) is 0 Å². The molecule has 0 aliphatic carbocycles. The highest BCUT2D eigenvalue weighted by atomic mass is 32.1. The van der Waals surface area contributed by atoms with Gasteiger partial charge in [-0.1, -0.05) is 12.2 Å². The third-order valence-corrected chi connectivity index (χ3v) is 3.40. The summed E-state index contributed by atoms with van der Waals surface area (Å²) in [5.41, 5.74) is 5.62. The average molecular weight is 259 g/mol. The van der Waals surface area contributed by atoms with Crippen molar-refractivity contribution in [3.63, 3.8) is 0 Å². The highest BCUT2D eigenvalue weighted by Gasteiger charge is 2.24. The first-order valence-electron chi connectivity index (χ1n) is 5.95. The Balaban J connectivity index is 2.35. The van der Waals surface area contributed by atoms with Crippen molar-refractivity contribution in [2.75, 3.05) is 39.4 Å². The summed E-state index contributed by atoms with van der Waals surface area (Å²) >= 11 is 4.97. The lowest BCUT2D eigenvalue weighted by Gasteiger charge is -2.37. The highest BCUT2D eigenvalue weighted by Crippen LogP contribution is 2.07. The normalized spacial score (nSPS) is 19.1. The van der Waals surface area contributed by atoms with Gasteiger partial charge in [-0.05, 0) is 13.8 Å². The molecule has 0 aromatic carbocycles. The zero-order chi connectivity index (χ0) is 12.8. The molecule has 0 radical (unpaired) electrons. The van der Waals surface area contributed by atoms with Crippen molar-refractivity contribution >= 4 is 23.1 Å². The molecule has 1 heterocycles. The molecule has 1 atom stereocenters. The van der Waals surface area contributed by atoms with Gasteiger partial charge in [-0.25, -0.2) is 0 Å². The van der Waals surface area contributed by atoms with E-state index >= 15 is 0 Å². The Labute approximate surface area is 108 Å². The minimum atomic E-state index is 0.0643. The lowest BCUT2D eigenvalue weighted by atomic mass is 10.2. The Morgan fingerprint density at radius 2 is 2.00 bits per heavy atom. The molecule has 1 rings (SSSR count). The van der Waals surface area contributed by atoms with Gasteiger partial charge >= 0.3 is 0 Å². The van der Waals surface area contributed by atoms with Crippen LogP contribution in [0.1, 0.15) is 13.8 Å². The van der Waals surface area contributed by atoms with Crippen LogP contribution in [-0.4, -0.2) is 66.1 Å². The molecule has 2 N–H and O–H groups in total. The molecule has 0 aromatic heterocycles. The van der Waals surface area contributed by atoms with Crippen LogP contribution < -0.4 is 5.73 Å². The van der Waals surface area contributed by atoms with Crippen LogP contribution in [-0.2, 0) is 9.53 Å². The van der Waals surface area contributed by atoms with Gasteiger partial charge in [-0.2, -0.15) is 0 Å². The quantitative estimate of drug-likeness (QED) is 0.695. The number of ether oxygens (including phenoxy) is 1. The molecule has 0 spiro atoms. The molecule has 0 bridgehead atoms. The number of thiocarbonyl (C=S) groups is 1. The lowest BCUT2D eigenvalue weighted by Crippen LogP contribution is -2.54. The molecule has 0 aromatic rings. The van der Waals surface area contributed by atoms with Gasteiger partial charge < -0.3 is 15.4 Å². The number of piperazine rings is 1. The van der Waals surface area contributed by atoms with E-state index in [4.69, 9.17) is 22.7 Å². The van der Waals surface area contributed by atoms with Crippen molar-refractivity contribution in [1.82, 2.24) is 9.80 Å². The lowest BCUT2D eigenvalue weighted by molar-refractivity contribution is -0.137. The van der Waals surface area contributed by atoms with Crippen molar-refractivity contribution in [2.45, 2.75) is 19.9 Å². The Bertz CT molecular complexity index is 278.